The van der Waals surface area contributed by atoms with Gasteiger partial charge in [0.1, 0.15) is 6.04 Å². The van der Waals surface area contributed by atoms with E-state index >= 15 is 0 Å². The fraction of sp³-hybridized carbons (Fsp3) is 0.500. The van der Waals surface area contributed by atoms with Crippen molar-refractivity contribution in [3.63, 3.8) is 0 Å². The molecule has 9 nitrogen and oxygen atoms in total. The second-order valence-corrected chi connectivity index (χ2v) is 2.78. The smallest absolute Gasteiger partial charge is 0.312 e. The predicted octanol–water partition coefficient (Wildman–Crippen LogP) is -2.13. The number of H-pyrrole nitrogens is 1. The molecule has 0 aliphatic rings. The van der Waals surface area contributed by atoms with Crippen LogP contribution < -0.4 is 16.4 Å². The van der Waals surface area contributed by atoms with Crippen molar-refractivity contribution in [3.05, 3.63) is 5.82 Å². The van der Waals surface area contributed by atoms with Crippen molar-refractivity contribution in [1.82, 2.24) is 31.3 Å². The van der Waals surface area contributed by atoms with Crippen LogP contribution in [0.5, 0.6) is 0 Å². The number of carbonyl (C=O) groups excluding carboxylic acids is 2. The molecule has 1 unspecified atom stereocenters. The average molecular weight is 213 g/mol. The van der Waals surface area contributed by atoms with Crippen LogP contribution in [0.1, 0.15) is 12.7 Å². The van der Waals surface area contributed by atoms with Gasteiger partial charge < -0.3 is 16.4 Å². The molecule has 0 aromatic carbocycles. The van der Waals surface area contributed by atoms with E-state index in [0.29, 0.717) is 5.82 Å². The Balaban J connectivity index is 2.32. The number of hydrogen-bond donors (Lipinski definition) is 4. The van der Waals surface area contributed by atoms with Gasteiger partial charge in [-0.15, -0.1) is 10.2 Å². The largest absolute Gasteiger partial charge is 0.352 e. The minimum absolute atomic E-state index is 0.139. The first kappa shape index (κ1) is 10.9. The van der Waals surface area contributed by atoms with E-state index in [1.165, 1.54) is 6.92 Å². The van der Waals surface area contributed by atoms with Crippen molar-refractivity contribution in [3.8, 4) is 0 Å². The standard InChI is InChI=1S/C6H11N7O2/c1-3(9-6(7)15)5(14)8-2-4-10-12-13-11-4/h3H,2H2,1H3,(H,8,14)(H3,7,9,15)(H,10,11,12,13). The molecule has 0 fully saturated rings. The van der Waals surface area contributed by atoms with Crippen molar-refractivity contribution in [2.75, 3.05) is 0 Å². The lowest BCUT2D eigenvalue weighted by Gasteiger charge is -2.10. The number of nitrogens with zero attached hydrogens (tertiary/aromatic N) is 3. The Morgan fingerprint density at radius 1 is 1.60 bits per heavy atom. The molecule has 1 aromatic rings. The van der Waals surface area contributed by atoms with Gasteiger partial charge in [-0.25, -0.2) is 4.79 Å². The number of aromatic amines is 1. The molecule has 0 spiro atoms. The molecule has 0 aliphatic heterocycles. The Morgan fingerprint density at radius 3 is 2.87 bits per heavy atom. The Kier molecular flexibility index (Phi) is 3.55. The van der Waals surface area contributed by atoms with Gasteiger partial charge in [-0.2, -0.15) is 5.21 Å². The van der Waals surface area contributed by atoms with Crippen LogP contribution in [-0.4, -0.2) is 38.6 Å². The molecule has 0 saturated heterocycles. The van der Waals surface area contributed by atoms with E-state index in [2.05, 4.69) is 31.3 Å². The molecule has 0 radical (unpaired) electrons. The summed E-state index contributed by atoms with van der Waals surface area (Å²) in [7, 11) is 0. The van der Waals surface area contributed by atoms with Crippen LogP contribution in [0.15, 0.2) is 0 Å². The molecule has 0 saturated carbocycles. The normalized spacial score (nSPS) is 11.8. The van der Waals surface area contributed by atoms with Crippen molar-refractivity contribution in [2.45, 2.75) is 19.5 Å². The third-order valence-corrected chi connectivity index (χ3v) is 1.56. The third kappa shape index (κ3) is 3.58. The number of hydrogen-bond acceptors (Lipinski definition) is 5. The Hall–Kier alpha value is -2.19. The highest BCUT2D eigenvalue weighted by Crippen LogP contribution is 1.85. The molecule has 1 atom stereocenters. The SMILES string of the molecule is CC(NC(N)=O)C(=O)NCc1nn[nH]n1. The molecule has 1 rings (SSSR count). The second-order valence-electron chi connectivity index (χ2n) is 2.78. The molecule has 0 bridgehead atoms. The van der Waals surface area contributed by atoms with Gasteiger partial charge in [-0.3, -0.25) is 4.79 Å². The lowest BCUT2D eigenvalue weighted by Crippen LogP contribution is -2.46. The van der Waals surface area contributed by atoms with Crippen LogP contribution in [0.3, 0.4) is 0 Å². The van der Waals surface area contributed by atoms with Crippen LogP contribution in [0.25, 0.3) is 0 Å². The van der Waals surface area contributed by atoms with Gasteiger partial charge in [0.15, 0.2) is 5.82 Å². The first-order chi connectivity index (χ1) is 7.09. The number of nitrogens with two attached hydrogens (primary N) is 1. The van der Waals surface area contributed by atoms with E-state index in [-0.39, 0.29) is 12.5 Å². The lowest BCUT2D eigenvalue weighted by molar-refractivity contribution is -0.122. The fourth-order valence-corrected chi connectivity index (χ4v) is 0.856. The second kappa shape index (κ2) is 4.88. The molecule has 3 amide bonds. The number of aromatic nitrogens is 4. The molecule has 15 heavy (non-hydrogen) atoms. The van der Waals surface area contributed by atoms with Gasteiger partial charge in [-0.05, 0) is 6.92 Å². The number of amides is 3. The van der Waals surface area contributed by atoms with Gasteiger partial charge in [0.25, 0.3) is 0 Å². The van der Waals surface area contributed by atoms with E-state index in [0.717, 1.165) is 0 Å². The monoisotopic (exact) mass is 213 g/mol. The van der Waals surface area contributed by atoms with E-state index in [9.17, 15) is 9.59 Å². The minimum atomic E-state index is -0.753. The highest BCUT2D eigenvalue weighted by Gasteiger charge is 2.13. The number of urea groups is 1. The van der Waals surface area contributed by atoms with Crippen LogP contribution in [0.2, 0.25) is 0 Å². The first-order valence-corrected chi connectivity index (χ1v) is 4.15. The quantitative estimate of drug-likeness (QED) is 0.452. The van der Waals surface area contributed by atoms with E-state index in [4.69, 9.17) is 5.73 Å². The molecule has 9 heteroatoms. The summed E-state index contributed by atoms with van der Waals surface area (Å²) in [6, 6.07) is -1.45. The van der Waals surface area contributed by atoms with Gasteiger partial charge in [0, 0.05) is 0 Å². The number of nitrogens with one attached hydrogen (secondary N) is 3. The Bertz CT molecular complexity index is 335. The van der Waals surface area contributed by atoms with Gasteiger partial charge in [-0.1, -0.05) is 5.21 Å². The summed E-state index contributed by atoms with van der Waals surface area (Å²) < 4.78 is 0. The summed E-state index contributed by atoms with van der Waals surface area (Å²) >= 11 is 0. The van der Waals surface area contributed by atoms with E-state index in [1.807, 2.05) is 0 Å². The molecule has 1 aromatic heterocycles. The average Bonchev–Trinajstić information content (AvgIpc) is 2.65. The van der Waals surface area contributed by atoms with Gasteiger partial charge >= 0.3 is 6.03 Å². The maximum absolute atomic E-state index is 11.3. The molecule has 0 aliphatic carbocycles. The van der Waals surface area contributed by atoms with Crippen molar-refractivity contribution < 1.29 is 9.59 Å². The maximum Gasteiger partial charge on any atom is 0.312 e. The number of primary amides is 1. The predicted molar refractivity (Wildman–Crippen MR) is 48.2 cm³/mol. The van der Waals surface area contributed by atoms with Crippen molar-refractivity contribution >= 4 is 11.9 Å². The summed E-state index contributed by atoms with van der Waals surface area (Å²) in [4.78, 5) is 21.7. The zero-order valence-corrected chi connectivity index (χ0v) is 8.02. The summed E-state index contributed by atoms with van der Waals surface area (Å²) in [5.41, 5.74) is 4.85. The van der Waals surface area contributed by atoms with Gasteiger partial charge in [0.2, 0.25) is 5.91 Å². The highest BCUT2D eigenvalue weighted by atomic mass is 16.2. The summed E-state index contributed by atoms with van der Waals surface area (Å²) in [5.74, 6) is -0.0202. The highest BCUT2D eigenvalue weighted by molar-refractivity contribution is 5.85. The Morgan fingerprint density at radius 2 is 2.33 bits per heavy atom. The zero-order chi connectivity index (χ0) is 11.3. The number of tetrazole rings is 1. The third-order valence-electron chi connectivity index (χ3n) is 1.56. The molecule has 82 valence electrons. The topological polar surface area (TPSA) is 139 Å². The summed E-state index contributed by atoms with van der Waals surface area (Å²) in [6.07, 6.45) is 0. The first-order valence-electron chi connectivity index (χ1n) is 4.15. The van der Waals surface area contributed by atoms with Crippen molar-refractivity contribution in [1.29, 1.82) is 0 Å². The molecular formula is C6H11N7O2. The number of rotatable bonds is 4. The van der Waals surface area contributed by atoms with E-state index in [1.54, 1.807) is 0 Å². The molecule has 1 heterocycles. The zero-order valence-electron chi connectivity index (χ0n) is 8.02. The summed E-state index contributed by atoms with van der Waals surface area (Å²) in [5, 5.41) is 17.6. The Labute approximate surface area is 84.8 Å². The number of carbonyl (C=O) groups is 2. The molecule has 5 N–H and O–H groups in total. The van der Waals surface area contributed by atoms with Gasteiger partial charge in [0.05, 0.1) is 6.54 Å². The van der Waals surface area contributed by atoms with Crippen LogP contribution in [-0.2, 0) is 11.3 Å². The van der Waals surface area contributed by atoms with Crippen LogP contribution >= 0.6 is 0 Å². The van der Waals surface area contributed by atoms with Crippen LogP contribution in [0, 0.1) is 0 Å². The fourth-order valence-electron chi connectivity index (χ4n) is 0.856. The minimum Gasteiger partial charge on any atom is -0.352 e. The van der Waals surface area contributed by atoms with Crippen LogP contribution in [0.4, 0.5) is 4.79 Å². The summed E-state index contributed by atoms with van der Waals surface area (Å²) in [6.45, 7) is 1.65. The molecular weight excluding hydrogens is 202 g/mol. The maximum atomic E-state index is 11.3. The lowest BCUT2D eigenvalue weighted by atomic mass is 10.3. The van der Waals surface area contributed by atoms with Crippen molar-refractivity contribution in [2.24, 2.45) is 5.73 Å². The van der Waals surface area contributed by atoms with E-state index < -0.39 is 12.1 Å².